The third kappa shape index (κ3) is 3.98. The van der Waals surface area contributed by atoms with E-state index in [1.54, 1.807) is 0 Å². The van der Waals surface area contributed by atoms with Crippen molar-refractivity contribution in [1.29, 1.82) is 0 Å². The van der Waals surface area contributed by atoms with Crippen molar-refractivity contribution in [1.82, 2.24) is 4.90 Å². The van der Waals surface area contributed by atoms with Crippen LogP contribution in [0.5, 0.6) is 5.75 Å². The maximum atomic E-state index is 11.6. The molecule has 0 atom stereocenters. The van der Waals surface area contributed by atoms with Gasteiger partial charge in [-0.25, -0.2) is 0 Å². The van der Waals surface area contributed by atoms with Gasteiger partial charge in [-0.15, -0.1) is 0 Å². The number of aryl methyl sites for hydroxylation is 1. The van der Waals surface area contributed by atoms with Crippen LogP contribution in [0.3, 0.4) is 0 Å². The Balaban J connectivity index is 1.75. The Morgan fingerprint density at radius 1 is 1.37 bits per heavy atom. The molecule has 0 N–H and O–H groups in total. The van der Waals surface area contributed by atoms with Crippen LogP contribution >= 0.6 is 0 Å². The molecule has 0 spiro atoms. The summed E-state index contributed by atoms with van der Waals surface area (Å²) in [5.74, 6) is 1.80. The number of piperidine rings is 1. The minimum atomic E-state index is 0.276. The molecular weight excluding hydrogens is 238 g/mol. The lowest BCUT2D eigenvalue weighted by atomic mass is 9.97. The number of carbonyl (C=O) groups is 1. The van der Waals surface area contributed by atoms with Crippen molar-refractivity contribution in [3.05, 3.63) is 29.8 Å². The van der Waals surface area contributed by atoms with Gasteiger partial charge in [0, 0.05) is 19.5 Å². The minimum absolute atomic E-state index is 0.276. The van der Waals surface area contributed by atoms with E-state index in [1.807, 2.05) is 24.0 Å². The van der Waals surface area contributed by atoms with Crippen LogP contribution in [-0.2, 0) is 4.79 Å². The van der Waals surface area contributed by atoms with E-state index >= 15 is 0 Å². The number of nitrogens with zero attached hydrogens (tertiary/aromatic N) is 1. The predicted octanol–water partition coefficient (Wildman–Crippen LogP) is 3.02. The average molecular weight is 261 g/mol. The summed E-state index contributed by atoms with van der Waals surface area (Å²) in [7, 11) is 0. The van der Waals surface area contributed by atoms with Gasteiger partial charge in [0.25, 0.3) is 0 Å². The number of hydrogen-bond donors (Lipinski definition) is 0. The van der Waals surface area contributed by atoms with E-state index in [4.69, 9.17) is 4.74 Å². The molecule has 1 aromatic carbocycles. The number of ether oxygens (including phenoxy) is 1. The third-order valence-corrected chi connectivity index (χ3v) is 3.74. The van der Waals surface area contributed by atoms with Gasteiger partial charge < -0.3 is 9.64 Å². The molecule has 1 aliphatic rings. The Hall–Kier alpha value is -1.51. The molecule has 1 aliphatic heterocycles. The highest BCUT2D eigenvalue weighted by molar-refractivity contribution is 5.75. The van der Waals surface area contributed by atoms with Crippen LogP contribution in [0, 0.1) is 12.8 Å². The summed E-state index contributed by atoms with van der Waals surface area (Å²) in [4.78, 5) is 13.6. The molecule has 104 valence electrons. The van der Waals surface area contributed by atoms with E-state index < -0.39 is 0 Å². The van der Waals surface area contributed by atoms with E-state index in [0.717, 1.165) is 38.3 Å². The third-order valence-electron chi connectivity index (χ3n) is 3.74. The Kier molecular flexibility index (Phi) is 4.83. The zero-order valence-electron chi connectivity index (χ0n) is 11.9. The second-order valence-corrected chi connectivity index (χ2v) is 5.31. The molecule has 1 saturated heterocycles. The normalized spacial score (nSPS) is 16.4. The van der Waals surface area contributed by atoms with Crippen LogP contribution in [-0.4, -0.2) is 30.5 Å². The van der Waals surface area contributed by atoms with Crippen LogP contribution in [0.4, 0.5) is 0 Å². The topological polar surface area (TPSA) is 29.5 Å². The van der Waals surface area contributed by atoms with Crippen molar-refractivity contribution in [2.75, 3.05) is 19.7 Å². The van der Waals surface area contributed by atoms with Gasteiger partial charge in [0.05, 0.1) is 6.61 Å². The molecule has 19 heavy (non-hydrogen) atoms. The largest absolute Gasteiger partial charge is 0.493 e. The fourth-order valence-corrected chi connectivity index (χ4v) is 2.49. The Bertz CT molecular complexity index is 423. The van der Waals surface area contributed by atoms with Crippen LogP contribution in [0.25, 0.3) is 0 Å². The van der Waals surface area contributed by atoms with Crippen molar-refractivity contribution in [2.24, 2.45) is 5.92 Å². The van der Waals surface area contributed by atoms with Crippen LogP contribution in [0.15, 0.2) is 24.3 Å². The second-order valence-electron chi connectivity index (χ2n) is 5.31. The molecular formula is C16H23NO2. The van der Waals surface area contributed by atoms with E-state index in [-0.39, 0.29) is 5.91 Å². The Morgan fingerprint density at radius 3 is 2.74 bits per heavy atom. The molecule has 0 unspecified atom stereocenters. The van der Waals surface area contributed by atoms with E-state index in [9.17, 15) is 4.79 Å². The van der Waals surface area contributed by atoms with E-state index in [2.05, 4.69) is 19.1 Å². The summed E-state index contributed by atoms with van der Waals surface area (Å²) in [5.41, 5.74) is 1.22. The van der Waals surface area contributed by atoms with Gasteiger partial charge in [-0.1, -0.05) is 19.1 Å². The summed E-state index contributed by atoms with van der Waals surface area (Å²) in [6.07, 6.45) is 2.72. The van der Waals surface area contributed by atoms with Crippen molar-refractivity contribution < 1.29 is 9.53 Å². The monoisotopic (exact) mass is 261 g/mol. The molecule has 0 aliphatic carbocycles. The lowest BCUT2D eigenvalue weighted by Crippen LogP contribution is -2.39. The molecule has 0 radical (unpaired) electrons. The number of benzene rings is 1. The highest BCUT2D eigenvalue weighted by atomic mass is 16.5. The highest BCUT2D eigenvalue weighted by Gasteiger charge is 2.22. The second kappa shape index (κ2) is 6.60. The molecule has 0 saturated carbocycles. The maximum Gasteiger partial charge on any atom is 0.222 e. The molecule has 1 aromatic rings. The summed E-state index contributed by atoms with van der Waals surface area (Å²) in [5, 5.41) is 0. The van der Waals surface area contributed by atoms with Crippen molar-refractivity contribution in [3.63, 3.8) is 0 Å². The average Bonchev–Trinajstić information content (AvgIpc) is 2.45. The summed E-state index contributed by atoms with van der Waals surface area (Å²) in [6.45, 7) is 6.53. The molecule has 0 aromatic heterocycles. The van der Waals surface area contributed by atoms with Gasteiger partial charge in [0.15, 0.2) is 0 Å². The van der Waals surface area contributed by atoms with E-state index in [0.29, 0.717) is 12.3 Å². The van der Waals surface area contributed by atoms with Crippen molar-refractivity contribution in [2.45, 2.75) is 33.1 Å². The first-order valence-electron chi connectivity index (χ1n) is 7.16. The minimum Gasteiger partial charge on any atom is -0.493 e. The molecule has 1 amide bonds. The molecule has 2 rings (SSSR count). The fraction of sp³-hybridized carbons (Fsp3) is 0.562. The van der Waals surface area contributed by atoms with Crippen LogP contribution < -0.4 is 4.74 Å². The molecule has 3 heteroatoms. The smallest absolute Gasteiger partial charge is 0.222 e. The lowest BCUT2D eigenvalue weighted by molar-refractivity contribution is -0.132. The summed E-state index contributed by atoms with van der Waals surface area (Å²) >= 11 is 0. The van der Waals surface area contributed by atoms with Gasteiger partial charge in [0.1, 0.15) is 5.75 Å². The SMILES string of the molecule is CCC(=O)N1CCC(COc2cccc(C)c2)CC1. The number of carbonyl (C=O) groups excluding carboxylic acids is 1. The molecule has 1 heterocycles. The first-order valence-corrected chi connectivity index (χ1v) is 7.16. The Labute approximate surface area is 115 Å². The van der Waals surface area contributed by atoms with Gasteiger partial charge in [-0.3, -0.25) is 4.79 Å². The molecule has 3 nitrogen and oxygen atoms in total. The lowest BCUT2D eigenvalue weighted by Gasteiger charge is -2.31. The summed E-state index contributed by atoms with van der Waals surface area (Å²) in [6, 6.07) is 8.16. The van der Waals surface area contributed by atoms with Gasteiger partial charge >= 0.3 is 0 Å². The highest BCUT2D eigenvalue weighted by Crippen LogP contribution is 2.20. The number of rotatable bonds is 4. The maximum absolute atomic E-state index is 11.6. The van der Waals surface area contributed by atoms with Crippen molar-refractivity contribution >= 4 is 5.91 Å². The number of likely N-dealkylation sites (tertiary alicyclic amines) is 1. The first-order chi connectivity index (χ1) is 9.19. The molecule has 1 fully saturated rings. The van der Waals surface area contributed by atoms with Gasteiger partial charge in [-0.2, -0.15) is 0 Å². The predicted molar refractivity (Wildman–Crippen MR) is 76.3 cm³/mol. The van der Waals surface area contributed by atoms with Gasteiger partial charge in [0.2, 0.25) is 5.91 Å². The summed E-state index contributed by atoms with van der Waals surface area (Å²) < 4.78 is 5.84. The Morgan fingerprint density at radius 2 is 2.11 bits per heavy atom. The quantitative estimate of drug-likeness (QED) is 0.833. The number of hydrogen-bond acceptors (Lipinski definition) is 2. The zero-order valence-corrected chi connectivity index (χ0v) is 11.9. The number of amides is 1. The fourth-order valence-electron chi connectivity index (χ4n) is 2.49. The van der Waals surface area contributed by atoms with Crippen LogP contribution in [0.1, 0.15) is 31.7 Å². The van der Waals surface area contributed by atoms with E-state index in [1.165, 1.54) is 5.56 Å². The first kappa shape index (κ1) is 13.9. The standard InChI is InChI=1S/C16H23NO2/c1-3-16(18)17-9-7-14(8-10-17)12-19-15-6-4-5-13(2)11-15/h4-6,11,14H,3,7-10,12H2,1-2H3. The van der Waals surface area contributed by atoms with Crippen molar-refractivity contribution in [3.8, 4) is 5.75 Å². The zero-order chi connectivity index (χ0) is 13.7. The molecule has 0 bridgehead atoms. The van der Waals surface area contributed by atoms with Gasteiger partial charge in [-0.05, 0) is 43.4 Å². The van der Waals surface area contributed by atoms with Crippen LogP contribution in [0.2, 0.25) is 0 Å².